The second-order valence-corrected chi connectivity index (χ2v) is 5.53. The molecule has 130 valence electrons. The molecule has 7 nitrogen and oxygen atoms in total. The summed E-state index contributed by atoms with van der Waals surface area (Å²) in [5.41, 5.74) is 1.20. The molecule has 1 aliphatic heterocycles. The summed E-state index contributed by atoms with van der Waals surface area (Å²) in [6.45, 7) is 2.47. The van der Waals surface area contributed by atoms with E-state index in [-0.39, 0.29) is 35.9 Å². The van der Waals surface area contributed by atoms with E-state index < -0.39 is 0 Å². The van der Waals surface area contributed by atoms with Crippen LogP contribution in [0.5, 0.6) is 0 Å². The number of ether oxygens (including phenoxy) is 1. The van der Waals surface area contributed by atoms with Crippen molar-refractivity contribution in [2.24, 2.45) is 18.0 Å². The van der Waals surface area contributed by atoms with Gasteiger partial charge >= 0.3 is 5.97 Å². The Morgan fingerprint density at radius 1 is 1.48 bits per heavy atom. The molecular formula is C15H26IN5O2. The van der Waals surface area contributed by atoms with Gasteiger partial charge in [0.05, 0.1) is 19.2 Å². The summed E-state index contributed by atoms with van der Waals surface area (Å²) in [6, 6.07) is 0. The minimum atomic E-state index is -0.0980. The minimum Gasteiger partial charge on any atom is -0.469 e. The maximum absolute atomic E-state index is 11.5. The van der Waals surface area contributed by atoms with Gasteiger partial charge in [-0.25, -0.2) is 0 Å². The van der Waals surface area contributed by atoms with E-state index in [1.807, 2.05) is 24.1 Å². The Kier molecular flexibility index (Phi) is 8.35. The van der Waals surface area contributed by atoms with E-state index in [1.165, 1.54) is 12.7 Å². The van der Waals surface area contributed by atoms with Gasteiger partial charge in [0.2, 0.25) is 0 Å². The molecule has 0 spiro atoms. The second-order valence-electron chi connectivity index (χ2n) is 5.53. The average molecular weight is 435 g/mol. The first-order valence-corrected chi connectivity index (χ1v) is 7.65. The number of methoxy groups -OCH3 is 1. The van der Waals surface area contributed by atoms with Gasteiger partial charge in [-0.2, -0.15) is 5.10 Å². The molecule has 2 rings (SSSR count). The number of esters is 1. The number of halogens is 1. The summed E-state index contributed by atoms with van der Waals surface area (Å²) < 4.78 is 6.62. The maximum atomic E-state index is 11.5. The topological polar surface area (TPSA) is 71.8 Å². The molecule has 23 heavy (non-hydrogen) atoms. The lowest BCUT2D eigenvalue weighted by Crippen LogP contribution is -2.47. The van der Waals surface area contributed by atoms with E-state index in [0.717, 1.165) is 44.9 Å². The lowest BCUT2D eigenvalue weighted by atomic mass is 9.97. The van der Waals surface area contributed by atoms with E-state index in [1.54, 1.807) is 7.05 Å². The summed E-state index contributed by atoms with van der Waals surface area (Å²) in [5.74, 6) is 0.820. The Morgan fingerprint density at radius 2 is 2.17 bits per heavy atom. The Balaban J connectivity index is 0.00000264. The van der Waals surface area contributed by atoms with Gasteiger partial charge < -0.3 is 15.0 Å². The molecule has 1 aromatic heterocycles. The summed E-state index contributed by atoms with van der Waals surface area (Å²) >= 11 is 0. The zero-order chi connectivity index (χ0) is 15.9. The van der Waals surface area contributed by atoms with Crippen LogP contribution in [0.1, 0.15) is 18.4 Å². The first-order valence-electron chi connectivity index (χ1n) is 7.65. The number of piperidine rings is 1. The van der Waals surface area contributed by atoms with Crippen LogP contribution < -0.4 is 5.32 Å². The Bertz CT molecular complexity index is 524. The highest BCUT2D eigenvalue weighted by atomic mass is 127. The Labute approximate surface area is 154 Å². The minimum absolute atomic E-state index is 0. The Hall–Kier alpha value is -1.32. The van der Waals surface area contributed by atoms with Crippen molar-refractivity contribution >= 4 is 35.9 Å². The van der Waals surface area contributed by atoms with Crippen molar-refractivity contribution in [2.75, 3.05) is 33.8 Å². The smallest absolute Gasteiger partial charge is 0.308 e. The monoisotopic (exact) mass is 435 g/mol. The van der Waals surface area contributed by atoms with Crippen molar-refractivity contribution in [3.05, 3.63) is 18.0 Å². The number of nitrogens with one attached hydrogen (secondary N) is 1. The van der Waals surface area contributed by atoms with Crippen LogP contribution in [0.2, 0.25) is 0 Å². The number of aromatic nitrogens is 2. The summed E-state index contributed by atoms with van der Waals surface area (Å²) in [7, 11) is 5.16. The van der Waals surface area contributed by atoms with E-state index >= 15 is 0 Å². The number of rotatable bonds is 4. The quantitative estimate of drug-likeness (QED) is 0.331. The normalized spacial score (nSPS) is 16.0. The zero-order valence-electron chi connectivity index (χ0n) is 14.0. The van der Waals surface area contributed by atoms with E-state index in [2.05, 4.69) is 20.3 Å². The number of hydrogen-bond donors (Lipinski definition) is 1. The maximum Gasteiger partial charge on any atom is 0.308 e. The number of likely N-dealkylation sites (tertiary alicyclic amines) is 1. The number of guanidine groups is 1. The molecule has 0 unspecified atom stereocenters. The lowest BCUT2D eigenvalue weighted by molar-refractivity contribution is -0.146. The van der Waals surface area contributed by atoms with Gasteiger partial charge in [0, 0.05) is 39.9 Å². The van der Waals surface area contributed by atoms with Crippen LogP contribution in [0.4, 0.5) is 0 Å². The van der Waals surface area contributed by atoms with Gasteiger partial charge in [-0.15, -0.1) is 24.0 Å². The number of hydrogen-bond acceptors (Lipinski definition) is 4. The molecule has 1 N–H and O–H groups in total. The number of aryl methyl sites for hydroxylation is 1. The van der Waals surface area contributed by atoms with Crippen molar-refractivity contribution in [1.82, 2.24) is 20.0 Å². The molecule has 8 heteroatoms. The molecule has 0 aromatic carbocycles. The van der Waals surface area contributed by atoms with Crippen molar-refractivity contribution in [3.63, 3.8) is 0 Å². The molecule has 2 heterocycles. The van der Waals surface area contributed by atoms with Gasteiger partial charge in [-0.3, -0.25) is 14.5 Å². The van der Waals surface area contributed by atoms with Crippen LogP contribution in [-0.2, 0) is 23.0 Å². The van der Waals surface area contributed by atoms with Crippen LogP contribution in [-0.4, -0.2) is 60.4 Å². The van der Waals surface area contributed by atoms with Crippen LogP contribution in [0.25, 0.3) is 0 Å². The predicted molar refractivity (Wildman–Crippen MR) is 100 cm³/mol. The molecule has 1 aromatic rings. The predicted octanol–water partition coefficient (Wildman–Crippen LogP) is 1.04. The number of carbonyl (C=O) groups excluding carboxylic acids is 1. The first kappa shape index (κ1) is 19.7. The van der Waals surface area contributed by atoms with E-state index in [0.29, 0.717) is 0 Å². The molecule has 0 saturated carbocycles. The molecule has 0 aliphatic carbocycles. The fourth-order valence-electron chi connectivity index (χ4n) is 2.75. The zero-order valence-corrected chi connectivity index (χ0v) is 16.3. The summed E-state index contributed by atoms with van der Waals surface area (Å²) in [4.78, 5) is 18.1. The molecular weight excluding hydrogens is 409 g/mol. The highest BCUT2D eigenvalue weighted by Gasteiger charge is 2.26. The van der Waals surface area contributed by atoms with Crippen molar-refractivity contribution in [2.45, 2.75) is 19.3 Å². The van der Waals surface area contributed by atoms with Gasteiger partial charge in [0.15, 0.2) is 5.96 Å². The highest BCUT2D eigenvalue weighted by Crippen LogP contribution is 2.18. The third kappa shape index (κ3) is 5.67. The third-order valence-electron chi connectivity index (χ3n) is 4.00. The van der Waals surface area contributed by atoms with E-state index in [9.17, 15) is 4.79 Å². The second kappa shape index (κ2) is 9.74. The number of aliphatic imine (C=N–C) groups is 1. The SMILES string of the molecule is CN=C(NCCc1cnn(C)c1)N1CCC(C(=O)OC)CC1.I. The molecule has 0 radical (unpaired) electrons. The molecule has 0 amide bonds. The fraction of sp³-hybridized carbons (Fsp3) is 0.667. The molecule has 0 bridgehead atoms. The first-order chi connectivity index (χ1) is 10.6. The highest BCUT2D eigenvalue weighted by molar-refractivity contribution is 14.0. The van der Waals surface area contributed by atoms with Crippen LogP contribution in [0.3, 0.4) is 0 Å². The third-order valence-corrected chi connectivity index (χ3v) is 4.00. The molecule has 0 atom stereocenters. The van der Waals surface area contributed by atoms with Gasteiger partial charge in [-0.05, 0) is 24.8 Å². The van der Waals surface area contributed by atoms with Crippen LogP contribution in [0, 0.1) is 5.92 Å². The molecule has 1 aliphatic rings. The van der Waals surface area contributed by atoms with Crippen molar-refractivity contribution in [1.29, 1.82) is 0 Å². The largest absolute Gasteiger partial charge is 0.469 e. The van der Waals surface area contributed by atoms with Crippen molar-refractivity contribution in [3.8, 4) is 0 Å². The van der Waals surface area contributed by atoms with Gasteiger partial charge in [0.25, 0.3) is 0 Å². The van der Waals surface area contributed by atoms with Gasteiger partial charge in [0.1, 0.15) is 0 Å². The lowest BCUT2D eigenvalue weighted by Gasteiger charge is -2.33. The average Bonchev–Trinajstić information content (AvgIpc) is 2.96. The summed E-state index contributed by atoms with van der Waals surface area (Å²) in [6.07, 6.45) is 6.44. The van der Waals surface area contributed by atoms with Crippen LogP contribution >= 0.6 is 24.0 Å². The standard InChI is InChI=1S/C15H25N5O2.HI/c1-16-15(17-7-4-12-10-18-19(2)11-12)20-8-5-13(6-9-20)14(21)22-3;/h10-11,13H,4-9H2,1-3H3,(H,16,17);1H. The number of nitrogens with zero attached hydrogens (tertiary/aromatic N) is 4. The van der Waals surface area contributed by atoms with E-state index in [4.69, 9.17) is 4.74 Å². The fourth-order valence-corrected chi connectivity index (χ4v) is 2.75. The Morgan fingerprint density at radius 3 is 2.70 bits per heavy atom. The number of carbonyl (C=O) groups is 1. The van der Waals surface area contributed by atoms with Crippen LogP contribution in [0.15, 0.2) is 17.4 Å². The molecule has 1 fully saturated rings. The van der Waals surface area contributed by atoms with Crippen molar-refractivity contribution < 1.29 is 9.53 Å². The van der Waals surface area contributed by atoms with Gasteiger partial charge in [-0.1, -0.05) is 0 Å². The summed E-state index contributed by atoms with van der Waals surface area (Å²) in [5, 5.41) is 7.54. The molecule has 1 saturated heterocycles.